The Bertz CT molecular complexity index is 1100. The normalized spacial score (nSPS) is 17.2. The van der Waals surface area contributed by atoms with Gasteiger partial charge in [-0.25, -0.2) is 9.78 Å². The van der Waals surface area contributed by atoms with Gasteiger partial charge in [-0.05, 0) is 41.3 Å². The zero-order valence-corrected chi connectivity index (χ0v) is 15.5. The van der Waals surface area contributed by atoms with Crippen LogP contribution in [-0.4, -0.2) is 45.0 Å². The molecule has 0 unspecified atom stereocenters. The lowest BCUT2D eigenvalue weighted by molar-refractivity contribution is -0.0602. The molecule has 1 N–H and O–H groups in total. The summed E-state index contributed by atoms with van der Waals surface area (Å²) in [5.41, 5.74) is 1.97. The fourth-order valence-corrected chi connectivity index (χ4v) is 4.03. The van der Waals surface area contributed by atoms with E-state index in [4.69, 9.17) is 4.74 Å². The number of nitrogens with one attached hydrogen (secondary N) is 1. The summed E-state index contributed by atoms with van der Waals surface area (Å²) in [5, 5.41) is 4.10. The van der Waals surface area contributed by atoms with Crippen molar-refractivity contribution in [2.45, 2.75) is 18.6 Å². The van der Waals surface area contributed by atoms with Crippen LogP contribution in [-0.2, 0) is 13.6 Å². The number of hydrogen-bond acceptors (Lipinski definition) is 4. The minimum absolute atomic E-state index is 0.0296. The molecule has 2 aliphatic rings. The molecular weight excluding hydrogens is 356 g/mol. The molecule has 1 spiro atoms. The van der Waals surface area contributed by atoms with E-state index in [0.717, 1.165) is 16.5 Å². The molecule has 0 bridgehead atoms. The van der Waals surface area contributed by atoms with Crippen molar-refractivity contribution in [1.29, 1.82) is 0 Å². The molecule has 1 aromatic carbocycles. The van der Waals surface area contributed by atoms with E-state index in [1.54, 1.807) is 23.2 Å². The van der Waals surface area contributed by atoms with Gasteiger partial charge in [0.2, 0.25) is 0 Å². The number of benzene rings is 1. The van der Waals surface area contributed by atoms with Gasteiger partial charge in [0.05, 0.1) is 19.5 Å². The lowest BCUT2D eigenvalue weighted by Gasteiger charge is -2.50. The number of fused-ring (bicyclic) bond motifs is 2. The van der Waals surface area contributed by atoms with Gasteiger partial charge in [0, 0.05) is 31.5 Å². The molecule has 7 heteroatoms. The Morgan fingerprint density at radius 2 is 2.14 bits per heavy atom. The number of pyridine rings is 1. The smallest absolute Gasteiger partial charge is 0.317 e. The number of likely N-dealkylation sites (tertiary alicyclic amines) is 1. The number of hydrogen-bond donors (Lipinski definition) is 1. The summed E-state index contributed by atoms with van der Waals surface area (Å²) < 4.78 is 8.08. The minimum atomic E-state index is -0.618. The molecule has 3 aromatic rings. The zero-order chi connectivity index (χ0) is 19.3. The summed E-state index contributed by atoms with van der Waals surface area (Å²) in [5.74, 6) is 0.480. The first-order valence-corrected chi connectivity index (χ1v) is 9.27. The van der Waals surface area contributed by atoms with Gasteiger partial charge in [-0.1, -0.05) is 6.07 Å². The minimum Gasteiger partial charge on any atom is -0.481 e. The van der Waals surface area contributed by atoms with Crippen molar-refractivity contribution in [2.24, 2.45) is 7.05 Å². The van der Waals surface area contributed by atoms with E-state index in [0.29, 0.717) is 31.1 Å². The lowest BCUT2D eigenvalue weighted by Crippen LogP contribution is -2.69. The predicted octanol–water partition coefficient (Wildman–Crippen LogP) is 2.50. The molecule has 5 rings (SSSR count). The van der Waals surface area contributed by atoms with Crippen molar-refractivity contribution in [3.05, 3.63) is 60.0 Å². The predicted molar refractivity (Wildman–Crippen MR) is 103 cm³/mol. The summed E-state index contributed by atoms with van der Waals surface area (Å²) in [6.07, 6.45) is 3.86. The molecule has 142 valence electrons. The Hall–Kier alpha value is -3.35. The first-order chi connectivity index (χ1) is 13.5. The highest BCUT2D eigenvalue weighted by molar-refractivity contribution is 5.98. The molecule has 2 amide bonds. The number of ketones is 1. The van der Waals surface area contributed by atoms with Crippen LogP contribution >= 0.6 is 0 Å². The van der Waals surface area contributed by atoms with E-state index in [-0.39, 0.29) is 18.2 Å². The molecular formula is C21H20N4O3. The molecule has 0 saturated carbocycles. The number of aromatic nitrogens is 2. The van der Waals surface area contributed by atoms with Gasteiger partial charge in [-0.3, -0.25) is 4.79 Å². The zero-order valence-electron chi connectivity index (χ0n) is 15.5. The molecule has 28 heavy (non-hydrogen) atoms. The van der Waals surface area contributed by atoms with Gasteiger partial charge in [0.1, 0.15) is 11.4 Å². The second kappa shape index (κ2) is 6.09. The van der Waals surface area contributed by atoms with Gasteiger partial charge in [0.25, 0.3) is 0 Å². The number of aryl methyl sites for hydroxylation is 1. The Morgan fingerprint density at radius 3 is 3.00 bits per heavy atom. The van der Waals surface area contributed by atoms with Crippen LogP contribution in [0.2, 0.25) is 0 Å². The highest BCUT2D eigenvalue weighted by Gasteiger charge is 2.52. The van der Waals surface area contributed by atoms with E-state index in [1.165, 1.54) is 0 Å². The second-order valence-corrected chi connectivity index (χ2v) is 7.57. The molecule has 0 atom stereocenters. The Labute approximate surface area is 161 Å². The van der Waals surface area contributed by atoms with Crippen molar-refractivity contribution in [3.63, 3.8) is 0 Å². The van der Waals surface area contributed by atoms with E-state index in [1.807, 2.05) is 19.3 Å². The molecule has 1 saturated heterocycles. The van der Waals surface area contributed by atoms with Crippen molar-refractivity contribution in [2.75, 3.05) is 13.1 Å². The average Bonchev–Trinajstić information content (AvgIpc) is 3.04. The largest absolute Gasteiger partial charge is 0.481 e. The quantitative estimate of drug-likeness (QED) is 0.746. The fourth-order valence-electron chi connectivity index (χ4n) is 4.03. The number of Topliss-reactive ketones (excluding diaryl/α,β-unsaturated/α-hetero) is 1. The van der Waals surface area contributed by atoms with Crippen LogP contribution < -0.4 is 10.1 Å². The number of urea groups is 1. The lowest BCUT2D eigenvalue weighted by atomic mass is 9.85. The highest BCUT2D eigenvalue weighted by Crippen LogP contribution is 2.37. The van der Waals surface area contributed by atoms with Crippen molar-refractivity contribution in [1.82, 2.24) is 19.8 Å². The first kappa shape index (κ1) is 16.8. The number of ether oxygens (including phenoxy) is 1. The van der Waals surface area contributed by atoms with Crippen LogP contribution in [0.4, 0.5) is 4.79 Å². The Balaban J connectivity index is 1.20. The fraction of sp³-hybridized carbons (Fsp3) is 0.286. The van der Waals surface area contributed by atoms with Crippen LogP contribution in [0.1, 0.15) is 22.5 Å². The molecule has 1 fully saturated rings. The summed E-state index contributed by atoms with van der Waals surface area (Å²) in [7, 11) is 2.01. The van der Waals surface area contributed by atoms with E-state index in [2.05, 4.69) is 33.1 Å². The van der Waals surface area contributed by atoms with Crippen LogP contribution in [0.5, 0.6) is 5.75 Å². The maximum Gasteiger partial charge on any atom is 0.317 e. The average molecular weight is 376 g/mol. The summed E-state index contributed by atoms with van der Waals surface area (Å²) in [6.45, 7) is 1.26. The summed E-state index contributed by atoms with van der Waals surface area (Å²) in [4.78, 5) is 30.6. The standard InChI is InChI=1S/C21H20N4O3/c1-24-8-6-15-9-14(4-5-16(15)24)11-23-20(27)25-12-21(13-25)10-17(26)19-18(28-21)3-2-7-22-19/h2-9H,10-13H2,1H3,(H,23,27). The molecule has 4 heterocycles. The number of amides is 2. The maximum absolute atomic E-state index is 12.5. The molecule has 2 aliphatic heterocycles. The number of carbonyl (C=O) groups excluding carboxylic acids is 2. The van der Waals surface area contributed by atoms with Crippen molar-refractivity contribution < 1.29 is 14.3 Å². The second-order valence-electron chi connectivity index (χ2n) is 7.57. The third-order valence-electron chi connectivity index (χ3n) is 5.48. The molecule has 2 aromatic heterocycles. The van der Waals surface area contributed by atoms with Crippen molar-refractivity contribution >= 4 is 22.7 Å². The van der Waals surface area contributed by atoms with Crippen LogP contribution in [0.15, 0.2) is 48.8 Å². The molecule has 7 nitrogen and oxygen atoms in total. The monoisotopic (exact) mass is 376 g/mol. The van der Waals surface area contributed by atoms with Gasteiger partial charge < -0.3 is 19.5 Å². The van der Waals surface area contributed by atoms with Gasteiger partial charge >= 0.3 is 6.03 Å². The SMILES string of the molecule is Cn1ccc2cc(CNC(=O)N3CC4(CC(=O)c5ncccc5O4)C3)ccc21. The number of rotatable bonds is 2. The summed E-state index contributed by atoms with van der Waals surface area (Å²) in [6, 6.07) is 11.6. The van der Waals surface area contributed by atoms with E-state index in [9.17, 15) is 9.59 Å². The van der Waals surface area contributed by atoms with E-state index >= 15 is 0 Å². The third kappa shape index (κ3) is 2.70. The van der Waals surface area contributed by atoms with Crippen molar-refractivity contribution in [3.8, 4) is 5.75 Å². The molecule has 0 aliphatic carbocycles. The van der Waals surface area contributed by atoms with E-state index < -0.39 is 5.60 Å². The highest BCUT2D eigenvalue weighted by atomic mass is 16.5. The Kier molecular flexibility index (Phi) is 3.65. The third-order valence-corrected chi connectivity index (χ3v) is 5.48. The maximum atomic E-state index is 12.5. The van der Waals surface area contributed by atoms with Gasteiger partial charge in [-0.2, -0.15) is 0 Å². The Morgan fingerprint density at radius 1 is 1.29 bits per heavy atom. The summed E-state index contributed by atoms with van der Waals surface area (Å²) >= 11 is 0. The number of carbonyl (C=O) groups is 2. The first-order valence-electron chi connectivity index (χ1n) is 9.27. The van der Waals surface area contributed by atoms with Crippen LogP contribution in [0, 0.1) is 0 Å². The number of nitrogens with zero attached hydrogens (tertiary/aromatic N) is 3. The molecule has 0 radical (unpaired) electrons. The van der Waals surface area contributed by atoms with Crippen LogP contribution in [0.3, 0.4) is 0 Å². The van der Waals surface area contributed by atoms with Crippen LogP contribution in [0.25, 0.3) is 10.9 Å². The van der Waals surface area contributed by atoms with Gasteiger partial charge in [0.15, 0.2) is 11.4 Å². The van der Waals surface area contributed by atoms with Gasteiger partial charge in [-0.15, -0.1) is 0 Å². The topological polar surface area (TPSA) is 76.5 Å².